The molecule has 2 rings (SSSR count). The van der Waals surface area contributed by atoms with Crippen LogP contribution in [0.5, 0.6) is 0 Å². The fraction of sp³-hybridized carbons (Fsp3) is 0.750. The van der Waals surface area contributed by atoms with E-state index in [-0.39, 0.29) is 11.1 Å². The number of aromatic amines is 1. The molecular weight excluding hydrogens is 369 g/mol. The summed E-state index contributed by atoms with van der Waals surface area (Å²) in [6, 6.07) is 0. The summed E-state index contributed by atoms with van der Waals surface area (Å²) in [4.78, 5) is 25.0. The maximum absolute atomic E-state index is 12.9. The fourth-order valence-corrected chi connectivity index (χ4v) is 3.47. The zero-order valence-corrected chi connectivity index (χ0v) is 16.6. The number of alkyl halides is 3. The molecule has 0 radical (unpaired) electrons. The molecule has 26 heavy (non-hydrogen) atoms. The summed E-state index contributed by atoms with van der Waals surface area (Å²) >= 11 is 0. The van der Waals surface area contributed by atoms with Gasteiger partial charge in [-0.2, -0.15) is 13.2 Å². The van der Waals surface area contributed by atoms with E-state index in [4.69, 9.17) is 9.16 Å². The zero-order valence-electron chi connectivity index (χ0n) is 15.6. The van der Waals surface area contributed by atoms with Crippen molar-refractivity contribution >= 4 is 8.32 Å². The van der Waals surface area contributed by atoms with Gasteiger partial charge in [-0.3, -0.25) is 14.3 Å². The average molecular weight is 394 g/mol. The Balaban J connectivity index is 2.12. The van der Waals surface area contributed by atoms with Gasteiger partial charge in [-0.25, -0.2) is 4.79 Å². The molecule has 6 nitrogen and oxygen atoms in total. The summed E-state index contributed by atoms with van der Waals surface area (Å²) in [7, 11) is -1.97. The van der Waals surface area contributed by atoms with Crippen molar-refractivity contribution in [2.24, 2.45) is 0 Å². The summed E-state index contributed by atoms with van der Waals surface area (Å²) in [6.07, 6.45) is -4.54. The van der Waals surface area contributed by atoms with E-state index in [1.54, 1.807) is 4.98 Å². The molecule has 148 valence electrons. The maximum Gasteiger partial charge on any atom is 0.423 e. The van der Waals surface area contributed by atoms with E-state index >= 15 is 0 Å². The number of H-pyrrole nitrogens is 1. The molecule has 1 N–H and O–H groups in total. The molecule has 0 spiro atoms. The lowest BCUT2D eigenvalue weighted by Gasteiger charge is -2.36. The molecule has 0 unspecified atom stereocenters. The van der Waals surface area contributed by atoms with Crippen LogP contribution in [-0.2, 0) is 15.3 Å². The molecule has 1 saturated heterocycles. The maximum atomic E-state index is 12.9. The van der Waals surface area contributed by atoms with Crippen LogP contribution in [-0.4, -0.2) is 30.6 Å². The van der Waals surface area contributed by atoms with Gasteiger partial charge < -0.3 is 9.16 Å². The Labute approximate surface area is 150 Å². The van der Waals surface area contributed by atoms with Crippen molar-refractivity contribution in [1.82, 2.24) is 9.55 Å². The molecule has 0 saturated carbocycles. The molecule has 0 aliphatic carbocycles. The van der Waals surface area contributed by atoms with Gasteiger partial charge in [0.15, 0.2) is 8.32 Å². The minimum Gasteiger partial charge on any atom is -0.414 e. The van der Waals surface area contributed by atoms with Gasteiger partial charge in [0, 0.05) is 6.20 Å². The third kappa shape index (κ3) is 4.47. The molecule has 2 atom stereocenters. The van der Waals surface area contributed by atoms with Gasteiger partial charge >= 0.3 is 11.9 Å². The third-order valence-corrected chi connectivity index (χ3v) is 9.61. The van der Waals surface area contributed by atoms with Crippen molar-refractivity contribution in [3.05, 3.63) is 32.6 Å². The van der Waals surface area contributed by atoms with Crippen molar-refractivity contribution in [2.45, 2.75) is 70.3 Å². The molecular formula is C16H25F3N2O4Si. The number of nitrogens with zero attached hydrogens (tertiary/aromatic N) is 1. The molecule has 1 aliphatic rings. The van der Waals surface area contributed by atoms with Gasteiger partial charge in [-0.05, 0) is 31.0 Å². The molecule has 0 aromatic carbocycles. The van der Waals surface area contributed by atoms with Gasteiger partial charge in [0.25, 0.3) is 5.56 Å². The highest BCUT2D eigenvalue weighted by molar-refractivity contribution is 6.74. The van der Waals surface area contributed by atoms with Gasteiger partial charge in [0.1, 0.15) is 11.8 Å². The van der Waals surface area contributed by atoms with Crippen LogP contribution in [0.15, 0.2) is 15.8 Å². The van der Waals surface area contributed by atoms with E-state index in [1.165, 1.54) is 0 Å². The van der Waals surface area contributed by atoms with Crippen molar-refractivity contribution in [2.75, 3.05) is 6.61 Å². The fourth-order valence-electron chi connectivity index (χ4n) is 2.43. The number of nitrogens with one attached hydrogen (secondary N) is 1. The molecule has 1 fully saturated rings. The third-order valence-electron chi connectivity index (χ3n) is 5.10. The second-order valence-corrected chi connectivity index (χ2v) is 12.9. The predicted octanol–water partition coefficient (Wildman–Crippen LogP) is 3.25. The van der Waals surface area contributed by atoms with Gasteiger partial charge in [0.05, 0.1) is 12.7 Å². The first kappa shape index (κ1) is 20.9. The second kappa shape index (κ2) is 6.97. The van der Waals surface area contributed by atoms with Crippen LogP contribution in [0.4, 0.5) is 13.2 Å². The summed E-state index contributed by atoms with van der Waals surface area (Å²) in [5, 5.41) is 0.0302. The van der Waals surface area contributed by atoms with E-state index in [0.29, 0.717) is 25.6 Å². The predicted molar refractivity (Wildman–Crippen MR) is 92.6 cm³/mol. The lowest BCUT2D eigenvalue weighted by molar-refractivity contribution is -0.139. The molecule has 0 bridgehead atoms. The second-order valence-electron chi connectivity index (χ2n) is 8.07. The zero-order chi connectivity index (χ0) is 19.9. The first-order valence-corrected chi connectivity index (χ1v) is 11.4. The van der Waals surface area contributed by atoms with Crippen LogP contribution in [0.2, 0.25) is 18.1 Å². The summed E-state index contributed by atoms with van der Waals surface area (Å²) < 4.78 is 51.3. The number of hydrogen-bond acceptors (Lipinski definition) is 4. The molecule has 1 aliphatic heterocycles. The standard InChI is InChI=1S/C16H25F3N2O4Si/c1-15(2,3)26(4,5)24-9-10-6-7-12(25-10)21-8-11(16(17,18)19)13(22)20-14(21)23/h8,10,12H,6-7,9H2,1-5H3,(H,20,22,23)/t10-,12+/m0/s1. The van der Waals surface area contributed by atoms with Crippen LogP contribution in [0.3, 0.4) is 0 Å². The van der Waals surface area contributed by atoms with Crippen molar-refractivity contribution in [3.63, 3.8) is 0 Å². The summed E-state index contributed by atoms with van der Waals surface area (Å²) in [5.41, 5.74) is -3.78. The van der Waals surface area contributed by atoms with Crippen LogP contribution in [0.25, 0.3) is 0 Å². The van der Waals surface area contributed by atoms with Crippen LogP contribution in [0.1, 0.15) is 45.4 Å². The van der Waals surface area contributed by atoms with Gasteiger partial charge in [0.2, 0.25) is 0 Å². The normalized spacial score (nSPS) is 22.0. The van der Waals surface area contributed by atoms with E-state index in [0.717, 1.165) is 4.57 Å². The Bertz CT molecular complexity index is 764. The van der Waals surface area contributed by atoms with E-state index in [1.807, 2.05) is 0 Å². The number of hydrogen-bond donors (Lipinski definition) is 1. The summed E-state index contributed by atoms with van der Waals surface area (Å²) in [5.74, 6) is 0. The molecule has 1 aromatic rings. The Hall–Kier alpha value is -1.39. The Morgan fingerprint density at radius 1 is 1.27 bits per heavy atom. The number of halogens is 3. The van der Waals surface area contributed by atoms with Crippen molar-refractivity contribution in [3.8, 4) is 0 Å². The Morgan fingerprint density at radius 3 is 2.42 bits per heavy atom. The first-order chi connectivity index (χ1) is 11.7. The Morgan fingerprint density at radius 2 is 1.88 bits per heavy atom. The summed E-state index contributed by atoms with van der Waals surface area (Å²) in [6.45, 7) is 10.8. The number of ether oxygens (including phenoxy) is 1. The van der Waals surface area contributed by atoms with Crippen LogP contribution >= 0.6 is 0 Å². The lowest BCUT2D eigenvalue weighted by Crippen LogP contribution is -2.42. The highest BCUT2D eigenvalue weighted by atomic mass is 28.4. The highest BCUT2D eigenvalue weighted by Crippen LogP contribution is 2.37. The molecule has 10 heteroatoms. The number of aromatic nitrogens is 2. The van der Waals surface area contributed by atoms with Gasteiger partial charge in [-0.1, -0.05) is 20.8 Å². The van der Waals surface area contributed by atoms with E-state index in [9.17, 15) is 22.8 Å². The molecule has 1 aromatic heterocycles. The minimum absolute atomic E-state index is 0.0302. The smallest absolute Gasteiger partial charge is 0.414 e. The van der Waals surface area contributed by atoms with E-state index in [2.05, 4.69) is 33.9 Å². The van der Waals surface area contributed by atoms with Crippen LogP contribution in [0, 0.1) is 0 Å². The lowest BCUT2D eigenvalue weighted by atomic mass is 10.2. The Kier molecular flexibility index (Phi) is 5.61. The minimum atomic E-state index is -4.84. The van der Waals surface area contributed by atoms with Crippen molar-refractivity contribution < 1.29 is 22.3 Å². The van der Waals surface area contributed by atoms with Crippen molar-refractivity contribution in [1.29, 1.82) is 0 Å². The molecule has 2 heterocycles. The van der Waals surface area contributed by atoms with Crippen LogP contribution < -0.4 is 11.2 Å². The quantitative estimate of drug-likeness (QED) is 0.796. The highest BCUT2D eigenvalue weighted by Gasteiger charge is 2.39. The van der Waals surface area contributed by atoms with E-state index < -0.39 is 37.5 Å². The number of rotatable bonds is 4. The molecule has 0 amide bonds. The topological polar surface area (TPSA) is 73.3 Å². The SMILES string of the molecule is CC(C)(C)[Si](C)(C)OC[C@@H]1CC[C@H](n2cc(C(F)(F)F)c(=O)[nH]c2=O)O1. The average Bonchev–Trinajstić information content (AvgIpc) is 2.91. The monoisotopic (exact) mass is 394 g/mol. The first-order valence-electron chi connectivity index (χ1n) is 8.44. The van der Waals surface area contributed by atoms with Gasteiger partial charge in [-0.15, -0.1) is 0 Å². The largest absolute Gasteiger partial charge is 0.423 e.